The van der Waals surface area contributed by atoms with Crippen molar-refractivity contribution in [2.45, 2.75) is 26.3 Å². The molecule has 0 unspecified atom stereocenters. The van der Waals surface area contributed by atoms with Crippen LogP contribution in [0.15, 0.2) is 59.1 Å². The summed E-state index contributed by atoms with van der Waals surface area (Å²) in [7, 11) is 0. The van der Waals surface area contributed by atoms with E-state index in [0.29, 0.717) is 18.7 Å². The molecule has 0 saturated carbocycles. The van der Waals surface area contributed by atoms with E-state index in [1.807, 2.05) is 48.2 Å². The highest BCUT2D eigenvalue weighted by Crippen LogP contribution is 2.21. The first-order valence-electron chi connectivity index (χ1n) is 10.4. The minimum absolute atomic E-state index is 0.0309. The lowest BCUT2D eigenvalue weighted by Gasteiger charge is -2.26. The Morgan fingerprint density at radius 2 is 1.97 bits per heavy atom. The van der Waals surface area contributed by atoms with Gasteiger partial charge in [0, 0.05) is 55.2 Å². The first-order chi connectivity index (χ1) is 14.7. The van der Waals surface area contributed by atoms with Gasteiger partial charge in [0.15, 0.2) is 11.7 Å². The number of anilines is 1. The lowest BCUT2D eigenvalue weighted by molar-refractivity contribution is -0.116. The lowest BCUT2D eigenvalue weighted by Crippen LogP contribution is -2.31. The Morgan fingerprint density at radius 1 is 1.17 bits per heavy atom. The van der Waals surface area contributed by atoms with Crippen molar-refractivity contribution in [3.05, 3.63) is 71.7 Å². The van der Waals surface area contributed by atoms with Crippen molar-refractivity contribution in [1.29, 1.82) is 0 Å². The van der Waals surface area contributed by atoms with Crippen molar-refractivity contribution in [1.82, 2.24) is 9.88 Å². The summed E-state index contributed by atoms with van der Waals surface area (Å²) in [5.41, 5.74) is 4.27. The molecule has 0 aliphatic carbocycles. The summed E-state index contributed by atoms with van der Waals surface area (Å²) in [6.45, 7) is 5.24. The predicted molar refractivity (Wildman–Crippen MR) is 123 cm³/mol. The number of nitrogens with zero attached hydrogens (tertiary/aromatic N) is 2. The highest BCUT2D eigenvalue weighted by molar-refractivity contribution is 7.99. The zero-order valence-corrected chi connectivity index (χ0v) is 18.1. The molecule has 1 aliphatic rings. The van der Waals surface area contributed by atoms with Crippen molar-refractivity contribution in [2.75, 3.05) is 29.9 Å². The summed E-state index contributed by atoms with van der Waals surface area (Å²) < 4.78 is 5.82. The molecule has 0 atom stereocenters. The third kappa shape index (κ3) is 5.74. The molecule has 0 radical (unpaired) electrons. The fourth-order valence-electron chi connectivity index (χ4n) is 3.49. The second kappa shape index (κ2) is 9.96. The Labute approximate surface area is 181 Å². The van der Waals surface area contributed by atoms with Crippen LogP contribution in [0.2, 0.25) is 0 Å². The van der Waals surface area contributed by atoms with Crippen LogP contribution in [0.1, 0.15) is 23.4 Å². The number of nitrogens with one attached hydrogen (secondary N) is 1. The van der Waals surface area contributed by atoms with Crippen LogP contribution in [0.25, 0.3) is 11.3 Å². The summed E-state index contributed by atoms with van der Waals surface area (Å²) >= 11 is 2.01. The zero-order valence-electron chi connectivity index (χ0n) is 17.3. The van der Waals surface area contributed by atoms with Gasteiger partial charge >= 0.3 is 0 Å². The minimum atomic E-state index is -0.0309. The fourth-order valence-corrected chi connectivity index (χ4v) is 4.46. The third-order valence-electron chi connectivity index (χ3n) is 5.18. The number of amides is 1. The van der Waals surface area contributed by atoms with Crippen LogP contribution in [0.4, 0.5) is 5.69 Å². The minimum Gasteiger partial charge on any atom is -0.441 e. The van der Waals surface area contributed by atoms with Gasteiger partial charge in [-0.3, -0.25) is 9.69 Å². The molecule has 1 aromatic heterocycles. The SMILES string of the molecule is Cc1ccc(-c2cnc(CCC(=O)Nc3cccc(CN4CCSCC4)c3)o2)cc1. The fraction of sp³-hybridized carbons (Fsp3) is 0.333. The Bertz CT molecular complexity index is 978. The molecule has 156 valence electrons. The van der Waals surface area contributed by atoms with Crippen LogP contribution >= 0.6 is 11.8 Å². The summed E-state index contributed by atoms with van der Waals surface area (Å²) in [6.07, 6.45) is 2.53. The van der Waals surface area contributed by atoms with Gasteiger partial charge in [-0.25, -0.2) is 4.98 Å². The van der Waals surface area contributed by atoms with E-state index in [1.54, 1.807) is 6.20 Å². The van der Waals surface area contributed by atoms with E-state index in [-0.39, 0.29) is 5.91 Å². The number of hydrogen-bond acceptors (Lipinski definition) is 5. The molecule has 0 bridgehead atoms. The molecule has 30 heavy (non-hydrogen) atoms. The monoisotopic (exact) mass is 421 g/mol. The molecule has 1 amide bonds. The van der Waals surface area contributed by atoms with E-state index in [1.165, 1.54) is 22.6 Å². The highest BCUT2D eigenvalue weighted by Gasteiger charge is 2.12. The second-order valence-corrected chi connectivity index (χ2v) is 8.85. The van der Waals surface area contributed by atoms with Gasteiger partial charge in [-0.05, 0) is 24.6 Å². The van der Waals surface area contributed by atoms with Crippen LogP contribution in [-0.2, 0) is 17.8 Å². The molecule has 6 heteroatoms. The molecule has 3 aromatic rings. The normalized spacial score (nSPS) is 14.6. The molecule has 2 heterocycles. The van der Waals surface area contributed by atoms with Gasteiger partial charge in [-0.2, -0.15) is 11.8 Å². The number of carbonyl (C=O) groups is 1. The van der Waals surface area contributed by atoms with Crippen LogP contribution in [0, 0.1) is 6.92 Å². The molecule has 1 aliphatic heterocycles. The Kier molecular flexibility index (Phi) is 6.87. The van der Waals surface area contributed by atoms with E-state index in [9.17, 15) is 4.79 Å². The molecular weight excluding hydrogens is 394 g/mol. The van der Waals surface area contributed by atoms with Crippen LogP contribution < -0.4 is 5.32 Å². The Hall–Kier alpha value is -2.57. The predicted octanol–water partition coefficient (Wildman–Crippen LogP) is 4.77. The molecule has 5 nitrogen and oxygen atoms in total. The average Bonchev–Trinajstić information content (AvgIpc) is 3.23. The number of hydrogen-bond donors (Lipinski definition) is 1. The maximum Gasteiger partial charge on any atom is 0.224 e. The number of benzene rings is 2. The first kappa shape index (κ1) is 20.7. The van der Waals surface area contributed by atoms with Gasteiger partial charge in [0.25, 0.3) is 0 Å². The molecule has 2 aromatic carbocycles. The van der Waals surface area contributed by atoms with E-state index in [0.717, 1.165) is 36.6 Å². The smallest absolute Gasteiger partial charge is 0.224 e. The van der Waals surface area contributed by atoms with Crippen molar-refractivity contribution < 1.29 is 9.21 Å². The van der Waals surface area contributed by atoms with Gasteiger partial charge in [0.05, 0.1) is 6.20 Å². The summed E-state index contributed by atoms with van der Waals surface area (Å²) in [5.74, 6) is 3.68. The topological polar surface area (TPSA) is 58.4 Å². The lowest BCUT2D eigenvalue weighted by atomic mass is 10.1. The summed E-state index contributed by atoms with van der Waals surface area (Å²) in [4.78, 5) is 19.2. The van der Waals surface area contributed by atoms with Crippen LogP contribution in [0.3, 0.4) is 0 Å². The maximum atomic E-state index is 12.4. The quantitative estimate of drug-likeness (QED) is 0.595. The summed E-state index contributed by atoms with van der Waals surface area (Å²) in [6, 6.07) is 16.3. The van der Waals surface area contributed by atoms with Crippen molar-refractivity contribution >= 4 is 23.4 Å². The summed E-state index contributed by atoms with van der Waals surface area (Å²) in [5, 5.41) is 3.00. The highest BCUT2D eigenvalue weighted by atomic mass is 32.2. The van der Waals surface area contributed by atoms with Gasteiger partial charge in [-0.15, -0.1) is 0 Å². The van der Waals surface area contributed by atoms with Gasteiger partial charge in [-0.1, -0.05) is 42.0 Å². The number of rotatable bonds is 7. The number of thioether (sulfide) groups is 1. The Balaban J connectivity index is 1.29. The van der Waals surface area contributed by atoms with Crippen molar-refractivity contribution in [3.8, 4) is 11.3 Å². The number of carbonyl (C=O) groups excluding carboxylic acids is 1. The Morgan fingerprint density at radius 3 is 2.77 bits per heavy atom. The molecule has 0 spiro atoms. The maximum absolute atomic E-state index is 12.4. The molecule has 1 fully saturated rings. The second-order valence-electron chi connectivity index (χ2n) is 7.62. The molecule has 4 rings (SSSR count). The number of oxazole rings is 1. The average molecular weight is 422 g/mol. The number of aryl methyl sites for hydroxylation is 2. The van der Waals surface area contributed by atoms with E-state index in [4.69, 9.17) is 4.42 Å². The van der Waals surface area contributed by atoms with Crippen molar-refractivity contribution in [3.63, 3.8) is 0 Å². The van der Waals surface area contributed by atoms with Crippen LogP contribution in [-0.4, -0.2) is 40.4 Å². The van der Waals surface area contributed by atoms with Crippen molar-refractivity contribution in [2.24, 2.45) is 0 Å². The van der Waals surface area contributed by atoms with Crippen LogP contribution in [0.5, 0.6) is 0 Å². The first-order valence-corrected chi connectivity index (χ1v) is 11.5. The van der Waals surface area contributed by atoms with Gasteiger partial charge < -0.3 is 9.73 Å². The molecular formula is C24H27N3O2S. The molecule has 1 saturated heterocycles. The van der Waals surface area contributed by atoms with E-state index in [2.05, 4.69) is 34.3 Å². The van der Waals surface area contributed by atoms with Gasteiger partial charge in [0.1, 0.15) is 0 Å². The van der Waals surface area contributed by atoms with E-state index >= 15 is 0 Å². The van der Waals surface area contributed by atoms with E-state index < -0.39 is 0 Å². The standard InChI is InChI=1S/C24H27N3O2S/c1-18-5-7-20(8-6-18)22-16-25-24(29-22)10-9-23(28)26-21-4-2-3-19(15-21)17-27-11-13-30-14-12-27/h2-8,15-16H,9-14,17H2,1H3,(H,26,28). The largest absolute Gasteiger partial charge is 0.441 e. The van der Waals surface area contributed by atoms with Gasteiger partial charge in [0.2, 0.25) is 5.91 Å². The third-order valence-corrected chi connectivity index (χ3v) is 6.12. The zero-order chi connectivity index (χ0) is 20.8. The molecule has 1 N–H and O–H groups in total. The number of aromatic nitrogens is 1.